The second kappa shape index (κ2) is 9.01. The first kappa shape index (κ1) is 17.9. The van der Waals surface area contributed by atoms with Gasteiger partial charge in [0.2, 0.25) is 5.91 Å². The number of nitrogens with one attached hydrogen (secondary N) is 1. The first-order valence-corrected chi connectivity index (χ1v) is 9.07. The van der Waals surface area contributed by atoms with Gasteiger partial charge in [0.15, 0.2) is 0 Å². The molecule has 0 aliphatic heterocycles. The van der Waals surface area contributed by atoms with Crippen LogP contribution in [0.25, 0.3) is 10.6 Å². The summed E-state index contributed by atoms with van der Waals surface area (Å²) in [4.78, 5) is 18.8. The van der Waals surface area contributed by atoms with Crippen molar-refractivity contribution in [3.8, 4) is 10.6 Å². The molecule has 1 aromatic heterocycles. The van der Waals surface area contributed by atoms with E-state index in [1.165, 1.54) is 0 Å². The van der Waals surface area contributed by atoms with Crippen molar-refractivity contribution in [3.63, 3.8) is 0 Å². The number of likely N-dealkylation sites (N-methyl/N-ethyl adjacent to an activating group) is 1. The number of carbonyl (C=O) groups excluding carboxylic acids is 1. The minimum Gasteiger partial charge on any atom is -0.354 e. The van der Waals surface area contributed by atoms with Crippen LogP contribution < -0.4 is 5.32 Å². The largest absolute Gasteiger partial charge is 0.354 e. The maximum absolute atomic E-state index is 12.0. The van der Waals surface area contributed by atoms with Gasteiger partial charge in [0, 0.05) is 29.1 Å². The Balaban J connectivity index is 1.84. The van der Waals surface area contributed by atoms with Gasteiger partial charge in [-0.05, 0) is 25.2 Å². The predicted molar refractivity (Wildman–Crippen MR) is 97.1 cm³/mol. The monoisotopic (exact) mass is 351 g/mol. The lowest BCUT2D eigenvalue weighted by molar-refractivity contribution is -0.120. The van der Waals surface area contributed by atoms with E-state index in [4.69, 9.17) is 11.6 Å². The molecule has 0 fully saturated rings. The topological polar surface area (TPSA) is 45.2 Å². The number of thiazole rings is 1. The third kappa shape index (κ3) is 5.61. The zero-order valence-electron chi connectivity index (χ0n) is 13.5. The molecule has 1 heterocycles. The SMILES string of the molecule is CCN(CC)CCNC(=O)Cc1csc(-c2ccc(Cl)cc2)n1. The van der Waals surface area contributed by atoms with Crippen LogP contribution in [0.3, 0.4) is 0 Å². The molecule has 0 radical (unpaired) electrons. The van der Waals surface area contributed by atoms with E-state index in [1.54, 1.807) is 11.3 Å². The average Bonchev–Trinajstić information content (AvgIpc) is 3.00. The van der Waals surface area contributed by atoms with E-state index in [2.05, 4.69) is 29.0 Å². The molecule has 0 aliphatic rings. The van der Waals surface area contributed by atoms with Gasteiger partial charge in [0.25, 0.3) is 0 Å². The van der Waals surface area contributed by atoms with E-state index in [1.807, 2.05) is 29.6 Å². The standard InChI is InChI=1S/C17H22ClN3OS/c1-3-21(4-2)10-9-19-16(22)11-15-12-23-17(20-15)13-5-7-14(18)8-6-13/h5-8,12H,3-4,9-11H2,1-2H3,(H,19,22). The summed E-state index contributed by atoms with van der Waals surface area (Å²) in [5.41, 5.74) is 1.83. The van der Waals surface area contributed by atoms with Crippen molar-refractivity contribution in [2.24, 2.45) is 0 Å². The lowest BCUT2D eigenvalue weighted by atomic mass is 10.2. The third-order valence-electron chi connectivity index (χ3n) is 3.63. The smallest absolute Gasteiger partial charge is 0.226 e. The van der Waals surface area contributed by atoms with Crippen LogP contribution in [0.2, 0.25) is 5.02 Å². The van der Waals surface area contributed by atoms with Crippen LogP contribution in [0.4, 0.5) is 0 Å². The molecule has 1 aromatic carbocycles. The number of benzene rings is 1. The van der Waals surface area contributed by atoms with E-state index >= 15 is 0 Å². The van der Waals surface area contributed by atoms with E-state index < -0.39 is 0 Å². The first-order chi connectivity index (χ1) is 11.1. The Bertz CT molecular complexity index is 623. The average molecular weight is 352 g/mol. The van der Waals surface area contributed by atoms with Gasteiger partial charge in [-0.3, -0.25) is 4.79 Å². The number of hydrogen-bond donors (Lipinski definition) is 1. The van der Waals surface area contributed by atoms with Crippen molar-refractivity contribution >= 4 is 28.8 Å². The van der Waals surface area contributed by atoms with Gasteiger partial charge in [0.05, 0.1) is 12.1 Å². The fourth-order valence-electron chi connectivity index (χ4n) is 2.23. The van der Waals surface area contributed by atoms with Crippen molar-refractivity contribution < 1.29 is 4.79 Å². The van der Waals surface area contributed by atoms with Crippen molar-refractivity contribution in [2.45, 2.75) is 20.3 Å². The van der Waals surface area contributed by atoms with Gasteiger partial charge in [-0.1, -0.05) is 37.6 Å². The zero-order valence-corrected chi connectivity index (χ0v) is 15.1. The Hall–Kier alpha value is -1.43. The summed E-state index contributed by atoms with van der Waals surface area (Å²) in [6.07, 6.45) is 0.322. The van der Waals surface area contributed by atoms with Crippen molar-refractivity contribution in [1.82, 2.24) is 15.2 Å². The highest BCUT2D eigenvalue weighted by atomic mass is 35.5. The summed E-state index contributed by atoms with van der Waals surface area (Å²) in [6.45, 7) is 7.81. The molecule has 0 unspecified atom stereocenters. The molecular weight excluding hydrogens is 330 g/mol. The molecule has 0 aliphatic carbocycles. The molecule has 0 spiro atoms. The molecule has 0 saturated heterocycles. The number of amides is 1. The second-order valence-corrected chi connectivity index (χ2v) is 6.50. The summed E-state index contributed by atoms with van der Waals surface area (Å²) in [5.74, 6) is 0.0186. The predicted octanol–water partition coefficient (Wildman–Crippen LogP) is 3.46. The summed E-state index contributed by atoms with van der Waals surface area (Å²) in [5, 5.41) is 6.51. The van der Waals surface area contributed by atoms with Gasteiger partial charge in [-0.15, -0.1) is 11.3 Å². The summed E-state index contributed by atoms with van der Waals surface area (Å²) in [6, 6.07) is 7.57. The van der Waals surface area contributed by atoms with E-state index in [0.29, 0.717) is 18.0 Å². The van der Waals surface area contributed by atoms with Crippen LogP contribution in [0, 0.1) is 0 Å². The van der Waals surface area contributed by atoms with Crippen LogP contribution in [0.1, 0.15) is 19.5 Å². The van der Waals surface area contributed by atoms with Crippen LogP contribution >= 0.6 is 22.9 Å². The van der Waals surface area contributed by atoms with Crippen molar-refractivity contribution in [2.75, 3.05) is 26.2 Å². The number of hydrogen-bond acceptors (Lipinski definition) is 4. The Kier molecular flexibility index (Phi) is 7.02. The molecule has 0 atom stereocenters. The number of halogens is 1. The van der Waals surface area contributed by atoms with Crippen LogP contribution in [-0.4, -0.2) is 42.0 Å². The number of carbonyl (C=O) groups is 1. The minimum atomic E-state index is 0.0186. The van der Waals surface area contributed by atoms with Gasteiger partial charge >= 0.3 is 0 Å². The molecule has 0 bridgehead atoms. The van der Waals surface area contributed by atoms with Crippen molar-refractivity contribution in [1.29, 1.82) is 0 Å². The molecule has 6 heteroatoms. The maximum Gasteiger partial charge on any atom is 0.226 e. The lowest BCUT2D eigenvalue weighted by Gasteiger charge is -2.17. The Morgan fingerprint density at radius 1 is 1.26 bits per heavy atom. The normalized spacial score (nSPS) is 11.0. The zero-order chi connectivity index (χ0) is 16.7. The molecule has 124 valence electrons. The molecule has 2 aromatic rings. The number of rotatable bonds is 8. The molecule has 0 saturated carbocycles. The highest BCUT2D eigenvalue weighted by Gasteiger charge is 2.09. The Morgan fingerprint density at radius 3 is 2.61 bits per heavy atom. The lowest BCUT2D eigenvalue weighted by Crippen LogP contribution is -2.35. The van der Waals surface area contributed by atoms with Crippen LogP contribution in [0.15, 0.2) is 29.6 Å². The molecule has 23 heavy (non-hydrogen) atoms. The first-order valence-electron chi connectivity index (χ1n) is 7.81. The minimum absolute atomic E-state index is 0.0186. The van der Waals surface area contributed by atoms with Gasteiger partial charge in [-0.25, -0.2) is 4.98 Å². The second-order valence-electron chi connectivity index (χ2n) is 5.20. The van der Waals surface area contributed by atoms with Crippen molar-refractivity contribution in [3.05, 3.63) is 40.4 Å². The third-order valence-corrected chi connectivity index (χ3v) is 4.82. The summed E-state index contributed by atoms with van der Waals surface area (Å²) < 4.78 is 0. The molecule has 2 rings (SSSR count). The van der Waals surface area contributed by atoms with Gasteiger partial charge in [0.1, 0.15) is 5.01 Å². The molecular formula is C17H22ClN3OS. The van der Waals surface area contributed by atoms with Gasteiger partial charge in [-0.2, -0.15) is 0 Å². The summed E-state index contributed by atoms with van der Waals surface area (Å²) in [7, 11) is 0. The molecule has 4 nitrogen and oxygen atoms in total. The fraction of sp³-hybridized carbons (Fsp3) is 0.412. The molecule has 1 N–H and O–H groups in total. The van der Waals surface area contributed by atoms with E-state index in [9.17, 15) is 4.79 Å². The maximum atomic E-state index is 12.0. The van der Waals surface area contributed by atoms with E-state index in [-0.39, 0.29) is 5.91 Å². The quantitative estimate of drug-likeness (QED) is 0.792. The summed E-state index contributed by atoms with van der Waals surface area (Å²) >= 11 is 7.44. The Labute approximate surface area is 146 Å². The van der Waals surface area contributed by atoms with Gasteiger partial charge < -0.3 is 10.2 Å². The van der Waals surface area contributed by atoms with Crippen LogP contribution in [0.5, 0.6) is 0 Å². The van der Waals surface area contributed by atoms with E-state index in [0.717, 1.165) is 35.9 Å². The Morgan fingerprint density at radius 2 is 1.96 bits per heavy atom. The fourth-order valence-corrected chi connectivity index (χ4v) is 3.19. The molecule has 1 amide bonds. The number of aromatic nitrogens is 1. The highest BCUT2D eigenvalue weighted by molar-refractivity contribution is 7.13. The van der Waals surface area contributed by atoms with Crippen LogP contribution in [-0.2, 0) is 11.2 Å². The number of nitrogens with zero attached hydrogens (tertiary/aromatic N) is 2. The highest BCUT2D eigenvalue weighted by Crippen LogP contribution is 2.25.